The molecule has 3 aliphatic carbocycles. The molecule has 2 saturated carbocycles. The molecule has 0 bridgehead atoms. The van der Waals surface area contributed by atoms with Gasteiger partial charge in [-0.25, -0.2) is 4.39 Å². The van der Waals surface area contributed by atoms with E-state index in [-0.39, 0.29) is 16.6 Å². The average molecular weight is 365 g/mol. The molecule has 1 N–H and O–H groups in total. The number of phenols is 1. The minimum absolute atomic E-state index is 0.131. The number of halogens is 1. The highest BCUT2D eigenvalue weighted by Crippen LogP contribution is 2.67. The van der Waals surface area contributed by atoms with Gasteiger partial charge in [-0.1, -0.05) is 32.0 Å². The van der Waals surface area contributed by atoms with Crippen LogP contribution in [0.25, 0.3) is 0 Å². The zero-order valence-corrected chi connectivity index (χ0v) is 16.3. The third-order valence-corrected chi connectivity index (χ3v) is 8.80. The molecule has 5 rings (SSSR count). The molecule has 0 aromatic heterocycles. The lowest BCUT2D eigenvalue weighted by molar-refractivity contribution is 0.0176. The van der Waals surface area contributed by atoms with E-state index in [1.54, 1.807) is 12.1 Å². The first-order valence-electron chi connectivity index (χ1n) is 10.5. The lowest BCUT2D eigenvalue weighted by atomic mass is 9.50. The summed E-state index contributed by atoms with van der Waals surface area (Å²) >= 11 is 0. The third kappa shape index (κ3) is 2.35. The minimum atomic E-state index is -0.141. The van der Waals surface area contributed by atoms with E-state index in [1.807, 2.05) is 24.3 Å². The van der Waals surface area contributed by atoms with Gasteiger partial charge in [-0.15, -0.1) is 0 Å². The smallest absolute Gasteiger partial charge is 0.123 e. The van der Waals surface area contributed by atoms with Crippen molar-refractivity contribution in [2.75, 3.05) is 0 Å². The Kier molecular flexibility index (Phi) is 3.73. The van der Waals surface area contributed by atoms with Crippen LogP contribution in [0.5, 0.6) is 5.75 Å². The quantitative estimate of drug-likeness (QED) is 0.625. The van der Waals surface area contributed by atoms with Crippen LogP contribution in [0.4, 0.5) is 4.39 Å². The maximum atomic E-state index is 13.5. The van der Waals surface area contributed by atoms with Crippen LogP contribution in [-0.2, 0) is 11.8 Å². The third-order valence-electron chi connectivity index (χ3n) is 8.80. The van der Waals surface area contributed by atoms with Gasteiger partial charge in [0.15, 0.2) is 0 Å². The van der Waals surface area contributed by atoms with Crippen molar-refractivity contribution in [3.05, 3.63) is 65.0 Å². The Morgan fingerprint density at radius 2 is 1.74 bits per heavy atom. The van der Waals surface area contributed by atoms with Crippen molar-refractivity contribution in [2.45, 2.75) is 63.7 Å². The van der Waals surface area contributed by atoms with Gasteiger partial charge in [-0.05, 0) is 108 Å². The largest absolute Gasteiger partial charge is 0.508 e. The number of hydrogen-bond donors (Lipinski definition) is 1. The molecule has 0 radical (unpaired) electrons. The first kappa shape index (κ1) is 17.3. The molecule has 3 aliphatic rings. The van der Waals surface area contributed by atoms with E-state index in [0.717, 1.165) is 18.3 Å². The molecule has 0 heterocycles. The number of benzene rings is 2. The van der Waals surface area contributed by atoms with Crippen molar-refractivity contribution >= 4 is 0 Å². The topological polar surface area (TPSA) is 20.2 Å². The van der Waals surface area contributed by atoms with E-state index in [9.17, 15) is 9.50 Å². The zero-order valence-electron chi connectivity index (χ0n) is 16.3. The highest BCUT2D eigenvalue weighted by atomic mass is 19.1. The van der Waals surface area contributed by atoms with E-state index in [0.29, 0.717) is 11.7 Å². The number of fused-ring (bicyclic) bond motifs is 5. The fourth-order valence-electron chi connectivity index (χ4n) is 7.13. The number of hydrogen-bond acceptors (Lipinski definition) is 1. The Morgan fingerprint density at radius 1 is 0.963 bits per heavy atom. The second-order valence-corrected chi connectivity index (χ2v) is 9.63. The summed E-state index contributed by atoms with van der Waals surface area (Å²) in [5, 5.41) is 9.86. The van der Waals surface area contributed by atoms with Crippen LogP contribution >= 0.6 is 0 Å². The zero-order chi connectivity index (χ0) is 18.8. The lowest BCUT2D eigenvalue weighted by Gasteiger charge is -2.54. The predicted octanol–water partition coefficient (Wildman–Crippen LogP) is 6.35. The summed E-state index contributed by atoms with van der Waals surface area (Å²) < 4.78 is 13.5. The van der Waals surface area contributed by atoms with Gasteiger partial charge in [0, 0.05) is 0 Å². The first-order chi connectivity index (χ1) is 12.9. The normalized spacial score (nSPS) is 37.4. The van der Waals surface area contributed by atoms with Crippen LogP contribution in [0.2, 0.25) is 0 Å². The lowest BCUT2D eigenvalue weighted by Crippen LogP contribution is -2.47. The SMILES string of the molecule is C[C@]12CC[C@@H]3c4ccc(O)cc4CC[C@H]3[C@@H]1CC[C@]2(C)c1ccc(F)cc1. The molecule has 0 spiro atoms. The molecular weight excluding hydrogens is 335 g/mol. The van der Waals surface area contributed by atoms with Crippen molar-refractivity contribution in [3.8, 4) is 5.75 Å². The first-order valence-corrected chi connectivity index (χ1v) is 10.5. The van der Waals surface area contributed by atoms with Crippen LogP contribution in [-0.4, -0.2) is 5.11 Å². The summed E-state index contributed by atoms with van der Waals surface area (Å²) in [4.78, 5) is 0. The van der Waals surface area contributed by atoms with Gasteiger partial charge in [-0.2, -0.15) is 0 Å². The molecule has 2 aromatic carbocycles. The molecule has 0 aliphatic heterocycles. The predicted molar refractivity (Wildman–Crippen MR) is 106 cm³/mol. The fourth-order valence-corrected chi connectivity index (χ4v) is 7.13. The number of rotatable bonds is 1. The molecule has 0 amide bonds. The summed E-state index contributed by atoms with van der Waals surface area (Å²) in [6.45, 7) is 4.94. The summed E-state index contributed by atoms with van der Waals surface area (Å²) in [7, 11) is 0. The highest BCUT2D eigenvalue weighted by molar-refractivity contribution is 5.41. The Bertz CT molecular complexity index is 872. The molecule has 2 fully saturated rings. The van der Waals surface area contributed by atoms with Gasteiger partial charge in [0.2, 0.25) is 0 Å². The second kappa shape index (κ2) is 5.83. The van der Waals surface area contributed by atoms with Crippen LogP contribution in [0.15, 0.2) is 42.5 Å². The van der Waals surface area contributed by atoms with Gasteiger partial charge < -0.3 is 5.11 Å². The molecule has 0 unspecified atom stereocenters. The van der Waals surface area contributed by atoms with Gasteiger partial charge in [0.1, 0.15) is 11.6 Å². The summed E-state index contributed by atoms with van der Waals surface area (Å²) in [6, 6.07) is 13.3. The van der Waals surface area contributed by atoms with Crippen LogP contribution in [0.3, 0.4) is 0 Å². The average Bonchev–Trinajstić information content (AvgIpc) is 2.94. The standard InChI is InChI=1S/C25H29FO/c1-24(17-4-6-18(26)7-5-17)14-12-23-22-9-3-16-15-19(27)8-10-20(16)21(22)11-13-25(23,24)2/h4-8,10,15,21-23,27H,3,9,11-14H2,1-2H3/t21-,22-,23+,24-,25+/m1/s1. The minimum Gasteiger partial charge on any atom is -0.508 e. The second-order valence-electron chi connectivity index (χ2n) is 9.63. The number of aromatic hydroxyl groups is 1. The maximum Gasteiger partial charge on any atom is 0.123 e. The molecule has 0 saturated heterocycles. The van der Waals surface area contributed by atoms with Crippen molar-refractivity contribution in [3.63, 3.8) is 0 Å². The summed E-state index contributed by atoms with van der Waals surface area (Å²) in [5.74, 6) is 2.37. The monoisotopic (exact) mass is 364 g/mol. The number of phenolic OH excluding ortho intramolecular Hbond substituents is 1. The number of aryl methyl sites for hydroxylation is 1. The molecular formula is C25H29FO. The molecule has 1 nitrogen and oxygen atoms in total. The van der Waals surface area contributed by atoms with Crippen molar-refractivity contribution in [2.24, 2.45) is 17.3 Å². The van der Waals surface area contributed by atoms with E-state index in [4.69, 9.17) is 0 Å². The molecule has 27 heavy (non-hydrogen) atoms. The maximum absolute atomic E-state index is 13.5. The molecule has 2 aromatic rings. The summed E-state index contributed by atoms with van der Waals surface area (Å²) in [5.41, 5.74) is 4.57. The Balaban J connectivity index is 1.51. The van der Waals surface area contributed by atoms with E-state index >= 15 is 0 Å². The van der Waals surface area contributed by atoms with Crippen LogP contribution in [0, 0.1) is 23.1 Å². The van der Waals surface area contributed by atoms with Gasteiger partial charge >= 0.3 is 0 Å². The van der Waals surface area contributed by atoms with Crippen molar-refractivity contribution < 1.29 is 9.50 Å². The molecule has 5 atom stereocenters. The molecule has 2 heteroatoms. The van der Waals surface area contributed by atoms with Gasteiger partial charge in [-0.3, -0.25) is 0 Å². The van der Waals surface area contributed by atoms with Crippen molar-refractivity contribution in [1.82, 2.24) is 0 Å². The van der Waals surface area contributed by atoms with E-state index in [1.165, 1.54) is 48.8 Å². The van der Waals surface area contributed by atoms with Crippen LogP contribution < -0.4 is 0 Å². The Labute approximate surface area is 161 Å². The highest BCUT2D eigenvalue weighted by Gasteiger charge is 2.60. The van der Waals surface area contributed by atoms with Gasteiger partial charge in [0.25, 0.3) is 0 Å². The summed E-state index contributed by atoms with van der Waals surface area (Å²) in [6.07, 6.45) is 7.26. The Hall–Kier alpha value is -1.83. The Morgan fingerprint density at radius 3 is 2.52 bits per heavy atom. The van der Waals surface area contributed by atoms with Crippen molar-refractivity contribution in [1.29, 1.82) is 0 Å². The van der Waals surface area contributed by atoms with E-state index in [2.05, 4.69) is 19.9 Å². The van der Waals surface area contributed by atoms with E-state index < -0.39 is 0 Å². The van der Waals surface area contributed by atoms with Gasteiger partial charge in [0.05, 0.1) is 0 Å². The fraction of sp³-hybridized carbons (Fsp3) is 0.520. The molecule has 142 valence electrons. The van der Waals surface area contributed by atoms with Crippen LogP contribution in [0.1, 0.15) is 68.6 Å².